The molecular weight excluding hydrogens is 309 g/mol. The Balaban J connectivity index is 1.39. The van der Waals surface area contributed by atoms with E-state index >= 15 is 0 Å². The molecule has 0 aliphatic carbocycles. The number of nitrogens with zero attached hydrogens (tertiary/aromatic N) is 5. The number of halogens is 1. The van der Waals surface area contributed by atoms with Gasteiger partial charge in [-0.2, -0.15) is 0 Å². The van der Waals surface area contributed by atoms with E-state index in [0.29, 0.717) is 18.9 Å². The van der Waals surface area contributed by atoms with Crippen LogP contribution in [0.5, 0.6) is 0 Å². The molecule has 1 aromatic heterocycles. The zero-order valence-electron chi connectivity index (χ0n) is 13.6. The summed E-state index contributed by atoms with van der Waals surface area (Å²) in [6.07, 6.45) is 5.67. The van der Waals surface area contributed by atoms with Gasteiger partial charge in [0.05, 0.1) is 6.54 Å². The van der Waals surface area contributed by atoms with Crippen LogP contribution in [0.2, 0.25) is 0 Å². The van der Waals surface area contributed by atoms with Crippen LogP contribution in [0.15, 0.2) is 30.6 Å². The molecule has 7 heteroatoms. The largest absolute Gasteiger partial charge is 0.343 e. The maximum absolute atomic E-state index is 13.6. The molecule has 3 rings (SSSR count). The molecule has 1 amide bonds. The summed E-state index contributed by atoms with van der Waals surface area (Å²) in [5, 5.41) is 10.9. The summed E-state index contributed by atoms with van der Waals surface area (Å²) >= 11 is 0. The number of aromatic nitrogens is 4. The van der Waals surface area contributed by atoms with Gasteiger partial charge in [0.1, 0.15) is 12.1 Å². The van der Waals surface area contributed by atoms with Gasteiger partial charge in [-0.25, -0.2) is 9.07 Å². The van der Waals surface area contributed by atoms with E-state index in [0.717, 1.165) is 44.3 Å². The normalized spacial score (nSPS) is 15.6. The van der Waals surface area contributed by atoms with Crippen molar-refractivity contribution in [2.45, 2.75) is 38.6 Å². The first-order chi connectivity index (χ1) is 11.7. The van der Waals surface area contributed by atoms with Gasteiger partial charge in [0.2, 0.25) is 5.91 Å². The smallest absolute Gasteiger partial charge is 0.224 e. The lowest BCUT2D eigenvalue weighted by molar-refractivity contribution is -0.132. The summed E-state index contributed by atoms with van der Waals surface area (Å²) in [5.74, 6) is 0.596. The molecule has 2 heterocycles. The Bertz CT molecular complexity index is 653. The summed E-state index contributed by atoms with van der Waals surface area (Å²) in [6.45, 7) is 2.09. The molecule has 0 radical (unpaired) electrons. The molecule has 1 saturated heterocycles. The van der Waals surface area contributed by atoms with E-state index in [9.17, 15) is 9.18 Å². The number of benzene rings is 1. The Hall–Kier alpha value is -2.31. The highest BCUT2D eigenvalue weighted by molar-refractivity contribution is 5.76. The second-order valence-corrected chi connectivity index (χ2v) is 6.28. The number of carbonyl (C=O) groups excluding carboxylic acids is 1. The van der Waals surface area contributed by atoms with E-state index in [-0.39, 0.29) is 11.7 Å². The van der Waals surface area contributed by atoms with Gasteiger partial charge in [-0.3, -0.25) is 4.79 Å². The van der Waals surface area contributed by atoms with Gasteiger partial charge in [-0.1, -0.05) is 18.2 Å². The minimum absolute atomic E-state index is 0.118. The second kappa shape index (κ2) is 7.99. The van der Waals surface area contributed by atoms with Gasteiger partial charge in [-0.15, -0.1) is 5.10 Å². The first kappa shape index (κ1) is 16.5. The van der Waals surface area contributed by atoms with Crippen LogP contribution in [0.3, 0.4) is 0 Å². The summed E-state index contributed by atoms with van der Waals surface area (Å²) in [5.41, 5.74) is 0.789. The van der Waals surface area contributed by atoms with Crippen LogP contribution in [-0.4, -0.2) is 44.1 Å². The average molecular weight is 331 g/mol. The second-order valence-electron chi connectivity index (χ2n) is 6.28. The van der Waals surface area contributed by atoms with Gasteiger partial charge in [-0.05, 0) is 53.7 Å². The molecule has 24 heavy (non-hydrogen) atoms. The molecule has 0 atom stereocenters. The maximum Gasteiger partial charge on any atom is 0.224 e. The third-order valence-corrected chi connectivity index (χ3v) is 4.69. The predicted octanol–water partition coefficient (Wildman–Crippen LogP) is 2.07. The van der Waals surface area contributed by atoms with Crippen LogP contribution in [-0.2, 0) is 17.8 Å². The number of amides is 1. The zero-order valence-corrected chi connectivity index (χ0v) is 13.6. The number of carbonyl (C=O) groups is 1. The first-order valence-corrected chi connectivity index (χ1v) is 8.44. The monoisotopic (exact) mass is 331 g/mol. The number of tetrazole rings is 1. The summed E-state index contributed by atoms with van der Waals surface area (Å²) < 4.78 is 15.2. The minimum atomic E-state index is -0.118. The summed E-state index contributed by atoms with van der Waals surface area (Å²) in [6, 6.07) is 6.97. The van der Waals surface area contributed by atoms with E-state index in [1.54, 1.807) is 10.7 Å². The summed E-state index contributed by atoms with van der Waals surface area (Å²) in [4.78, 5) is 14.1. The van der Waals surface area contributed by atoms with Gasteiger partial charge in [0, 0.05) is 19.5 Å². The van der Waals surface area contributed by atoms with Crippen LogP contribution in [0, 0.1) is 11.7 Å². The standard InChI is InChI=1S/C17H22FN5O/c18-16-4-2-1-3-15(16)6-5-14-7-10-22(11-8-14)17(24)9-12-23-13-19-20-21-23/h1-4,13-14H,5-12H2. The van der Waals surface area contributed by atoms with Crippen LogP contribution in [0.4, 0.5) is 4.39 Å². The van der Waals surface area contributed by atoms with E-state index in [1.807, 2.05) is 17.0 Å². The molecular formula is C17H22FN5O. The van der Waals surface area contributed by atoms with E-state index in [2.05, 4.69) is 15.5 Å². The molecule has 0 spiro atoms. The molecule has 0 saturated carbocycles. The predicted molar refractivity (Wildman–Crippen MR) is 86.5 cm³/mol. The van der Waals surface area contributed by atoms with Crippen molar-refractivity contribution in [2.24, 2.45) is 5.92 Å². The Morgan fingerprint density at radius 2 is 2.04 bits per heavy atom. The third kappa shape index (κ3) is 4.37. The van der Waals surface area contributed by atoms with Crippen LogP contribution in [0.1, 0.15) is 31.2 Å². The number of aryl methyl sites for hydroxylation is 2. The molecule has 1 aliphatic rings. The van der Waals surface area contributed by atoms with Crippen LogP contribution in [0.25, 0.3) is 0 Å². The molecule has 128 valence electrons. The van der Waals surface area contributed by atoms with Crippen molar-refractivity contribution in [3.8, 4) is 0 Å². The van der Waals surface area contributed by atoms with Crippen molar-refractivity contribution in [3.05, 3.63) is 42.0 Å². The highest BCUT2D eigenvalue weighted by atomic mass is 19.1. The third-order valence-electron chi connectivity index (χ3n) is 4.69. The summed E-state index contributed by atoms with van der Waals surface area (Å²) in [7, 11) is 0. The van der Waals surface area contributed by atoms with Crippen molar-refractivity contribution in [3.63, 3.8) is 0 Å². The molecule has 0 unspecified atom stereocenters. The van der Waals surface area contributed by atoms with Gasteiger partial charge < -0.3 is 4.90 Å². The van der Waals surface area contributed by atoms with Crippen molar-refractivity contribution < 1.29 is 9.18 Å². The van der Waals surface area contributed by atoms with Crippen molar-refractivity contribution in [1.82, 2.24) is 25.1 Å². The molecule has 2 aromatic rings. The van der Waals surface area contributed by atoms with Crippen molar-refractivity contribution >= 4 is 5.91 Å². The quantitative estimate of drug-likeness (QED) is 0.813. The highest BCUT2D eigenvalue weighted by Gasteiger charge is 2.22. The molecule has 1 fully saturated rings. The fourth-order valence-electron chi connectivity index (χ4n) is 3.18. The van der Waals surface area contributed by atoms with Gasteiger partial charge in [0.15, 0.2) is 0 Å². The molecule has 0 bridgehead atoms. The maximum atomic E-state index is 13.6. The van der Waals surface area contributed by atoms with E-state index < -0.39 is 0 Å². The average Bonchev–Trinajstić information content (AvgIpc) is 3.13. The Morgan fingerprint density at radius 1 is 1.25 bits per heavy atom. The molecule has 6 nitrogen and oxygen atoms in total. The number of hydrogen-bond donors (Lipinski definition) is 0. The SMILES string of the molecule is O=C(CCn1cnnn1)N1CCC(CCc2ccccc2F)CC1. The number of piperidine rings is 1. The number of likely N-dealkylation sites (tertiary alicyclic amines) is 1. The van der Waals surface area contributed by atoms with E-state index in [4.69, 9.17) is 0 Å². The Kier molecular flexibility index (Phi) is 5.51. The highest BCUT2D eigenvalue weighted by Crippen LogP contribution is 2.23. The van der Waals surface area contributed by atoms with Gasteiger partial charge in [0.25, 0.3) is 0 Å². The van der Waals surface area contributed by atoms with Crippen LogP contribution >= 0.6 is 0 Å². The Morgan fingerprint density at radius 3 is 2.75 bits per heavy atom. The lowest BCUT2D eigenvalue weighted by atomic mass is 9.90. The fraction of sp³-hybridized carbons (Fsp3) is 0.529. The Labute approximate surface area is 140 Å². The molecule has 0 N–H and O–H groups in total. The molecule has 1 aromatic carbocycles. The van der Waals surface area contributed by atoms with Crippen molar-refractivity contribution in [1.29, 1.82) is 0 Å². The lowest BCUT2D eigenvalue weighted by Crippen LogP contribution is -2.38. The van der Waals surface area contributed by atoms with E-state index in [1.165, 1.54) is 12.4 Å². The van der Waals surface area contributed by atoms with Crippen LogP contribution < -0.4 is 0 Å². The van der Waals surface area contributed by atoms with Crippen molar-refractivity contribution in [2.75, 3.05) is 13.1 Å². The van der Waals surface area contributed by atoms with Gasteiger partial charge >= 0.3 is 0 Å². The minimum Gasteiger partial charge on any atom is -0.343 e. The molecule has 1 aliphatic heterocycles. The zero-order chi connectivity index (χ0) is 16.8. The lowest BCUT2D eigenvalue weighted by Gasteiger charge is -2.32. The first-order valence-electron chi connectivity index (χ1n) is 8.44. The number of hydrogen-bond acceptors (Lipinski definition) is 4. The fourth-order valence-corrected chi connectivity index (χ4v) is 3.18. The number of rotatable bonds is 6. The topological polar surface area (TPSA) is 63.9 Å².